The van der Waals surface area contributed by atoms with Crippen LogP contribution in [-0.4, -0.2) is 86.6 Å². The Balaban J connectivity index is 1.44. The molecule has 8 heteroatoms. The number of benzene rings is 1. The van der Waals surface area contributed by atoms with E-state index in [-0.39, 0.29) is 30.4 Å². The number of hydrogen-bond donors (Lipinski definition) is 1. The van der Waals surface area contributed by atoms with Gasteiger partial charge in [0.1, 0.15) is 11.6 Å². The van der Waals surface area contributed by atoms with Gasteiger partial charge in [-0.15, -0.1) is 0 Å². The first-order valence-corrected chi connectivity index (χ1v) is 15.0. The van der Waals surface area contributed by atoms with Crippen LogP contribution in [0.5, 0.6) is 0 Å². The van der Waals surface area contributed by atoms with Crippen LogP contribution >= 0.6 is 0 Å². The quantitative estimate of drug-likeness (QED) is 0.553. The van der Waals surface area contributed by atoms with E-state index in [2.05, 4.69) is 0 Å². The molecular weight excluding hydrogens is 506 g/mol. The average Bonchev–Trinajstić information content (AvgIpc) is 3.28. The molecule has 1 aromatic rings. The topological polar surface area (TPSA) is 90.4 Å². The van der Waals surface area contributed by atoms with Gasteiger partial charge in [-0.25, -0.2) is 0 Å². The summed E-state index contributed by atoms with van der Waals surface area (Å²) in [7, 11) is 0. The molecule has 5 aliphatic rings. The summed E-state index contributed by atoms with van der Waals surface area (Å²) in [6.07, 6.45) is 13.6. The maximum Gasteiger partial charge on any atom is 0.249 e. The van der Waals surface area contributed by atoms with Crippen LogP contribution in [0.4, 0.5) is 0 Å². The Kier molecular flexibility index (Phi) is 7.11. The summed E-state index contributed by atoms with van der Waals surface area (Å²) in [6, 6.07) is 8.46. The van der Waals surface area contributed by atoms with Crippen molar-refractivity contribution in [2.24, 2.45) is 11.8 Å². The Hall–Kier alpha value is -2.97. The van der Waals surface area contributed by atoms with E-state index in [9.17, 15) is 19.5 Å². The highest BCUT2D eigenvalue weighted by molar-refractivity contribution is 6.00. The highest BCUT2D eigenvalue weighted by atomic mass is 16.5. The predicted octanol–water partition coefficient (Wildman–Crippen LogP) is 3.06. The van der Waals surface area contributed by atoms with Crippen LogP contribution in [0.2, 0.25) is 0 Å². The Morgan fingerprint density at radius 3 is 2.38 bits per heavy atom. The van der Waals surface area contributed by atoms with Crippen molar-refractivity contribution in [3.63, 3.8) is 0 Å². The molecule has 3 fully saturated rings. The lowest BCUT2D eigenvalue weighted by Crippen LogP contribution is -2.59. The van der Waals surface area contributed by atoms with Crippen molar-refractivity contribution in [1.29, 1.82) is 0 Å². The number of amides is 3. The van der Waals surface area contributed by atoms with Crippen LogP contribution in [-0.2, 0) is 25.7 Å². The molecule has 0 radical (unpaired) electrons. The van der Waals surface area contributed by atoms with Gasteiger partial charge in [-0.1, -0.05) is 80.8 Å². The van der Waals surface area contributed by atoms with Crippen molar-refractivity contribution in [2.45, 2.75) is 88.2 Å². The van der Waals surface area contributed by atoms with Gasteiger partial charge in [0, 0.05) is 25.7 Å². The summed E-state index contributed by atoms with van der Waals surface area (Å²) in [5, 5.41) is 10.2. The first-order chi connectivity index (χ1) is 19.4. The number of ether oxygens (including phenoxy) is 1. The first-order valence-electron chi connectivity index (χ1n) is 15.0. The molecule has 1 saturated carbocycles. The van der Waals surface area contributed by atoms with Crippen LogP contribution in [0.1, 0.15) is 57.9 Å². The van der Waals surface area contributed by atoms with Crippen molar-refractivity contribution < 1.29 is 24.2 Å². The fourth-order valence-corrected chi connectivity index (χ4v) is 8.00. The molecular formula is C32H41N3O5. The van der Waals surface area contributed by atoms with E-state index in [1.165, 1.54) is 6.42 Å². The number of nitrogens with zero attached hydrogens (tertiary/aromatic N) is 3. The van der Waals surface area contributed by atoms with Gasteiger partial charge >= 0.3 is 0 Å². The lowest BCUT2D eigenvalue weighted by atomic mass is 9.73. The number of aliphatic hydroxyl groups is 1. The number of carbonyl (C=O) groups excluding carboxylic acids is 3. The molecule has 4 heterocycles. The van der Waals surface area contributed by atoms with E-state index in [0.717, 1.165) is 31.2 Å². The standard InChI is InChI=1S/C32H41N3O5/c1-3-31-16-10-18-33(20-23-12-6-4-7-13-23)28(37)25(31)26-29(38)35(22(2)21-36)27-30(39)34(24-14-8-5-9-15-24)19-11-17-32(26,27)40-31/h4,6-7,10-13,16-17,22,24-27,36H,3,5,8-9,14-15,18-21H2,1-2H3/t22-,25+,26+,27?,31-,32+/m1/s1. The van der Waals surface area contributed by atoms with Crippen molar-refractivity contribution in [3.05, 3.63) is 60.2 Å². The van der Waals surface area contributed by atoms with Gasteiger partial charge in [-0.3, -0.25) is 14.4 Å². The molecule has 214 valence electrons. The van der Waals surface area contributed by atoms with Crippen molar-refractivity contribution in [2.75, 3.05) is 19.7 Å². The minimum absolute atomic E-state index is 0.122. The van der Waals surface area contributed by atoms with E-state index in [4.69, 9.17) is 4.74 Å². The predicted molar refractivity (Wildman–Crippen MR) is 150 cm³/mol. The molecule has 0 bridgehead atoms. The smallest absolute Gasteiger partial charge is 0.249 e. The lowest BCUT2D eigenvalue weighted by molar-refractivity contribution is -0.158. The summed E-state index contributed by atoms with van der Waals surface area (Å²) in [5.74, 6) is -2.17. The first kappa shape index (κ1) is 27.2. The maximum atomic E-state index is 14.5. The fourth-order valence-electron chi connectivity index (χ4n) is 8.00. The van der Waals surface area contributed by atoms with E-state index in [1.807, 2.05) is 66.5 Å². The number of carbonyl (C=O) groups is 3. The zero-order valence-electron chi connectivity index (χ0n) is 23.6. The minimum Gasteiger partial charge on any atom is -0.394 e. The fraction of sp³-hybridized carbons (Fsp3) is 0.594. The van der Waals surface area contributed by atoms with Gasteiger partial charge in [0.25, 0.3) is 0 Å². The zero-order valence-corrected chi connectivity index (χ0v) is 23.6. The monoisotopic (exact) mass is 547 g/mol. The summed E-state index contributed by atoms with van der Waals surface area (Å²) < 4.78 is 7.04. The van der Waals surface area contributed by atoms with Crippen molar-refractivity contribution in [3.8, 4) is 0 Å². The number of hydrogen-bond acceptors (Lipinski definition) is 5. The number of rotatable bonds is 6. The molecule has 2 saturated heterocycles. The molecule has 1 unspecified atom stereocenters. The van der Waals surface area contributed by atoms with Crippen LogP contribution in [0.15, 0.2) is 54.6 Å². The summed E-state index contributed by atoms with van der Waals surface area (Å²) in [4.78, 5) is 48.7. The summed E-state index contributed by atoms with van der Waals surface area (Å²) in [5.41, 5.74) is -1.27. The molecule has 1 N–H and O–H groups in total. The zero-order chi connectivity index (χ0) is 28.1. The third kappa shape index (κ3) is 4.05. The molecule has 6 rings (SSSR count). The van der Waals surface area contributed by atoms with Gasteiger partial charge in [0.2, 0.25) is 17.7 Å². The van der Waals surface area contributed by atoms with Crippen LogP contribution in [0, 0.1) is 11.8 Å². The molecule has 4 aliphatic heterocycles. The molecule has 1 spiro atoms. The largest absolute Gasteiger partial charge is 0.394 e. The number of aliphatic hydroxyl groups excluding tert-OH is 1. The van der Waals surface area contributed by atoms with E-state index in [0.29, 0.717) is 26.1 Å². The molecule has 8 nitrogen and oxygen atoms in total. The second-order valence-corrected chi connectivity index (χ2v) is 12.2. The molecule has 0 aromatic heterocycles. The van der Waals surface area contributed by atoms with Gasteiger partial charge in [0.05, 0.1) is 30.1 Å². The van der Waals surface area contributed by atoms with Crippen molar-refractivity contribution >= 4 is 17.7 Å². The van der Waals surface area contributed by atoms with E-state index < -0.39 is 35.1 Å². The van der Waals surface area contributed by atoms with E-state index >= 15 is 0 Å². The van der Waals surface area contributed by atoms with Gasteiger partial charge in [0.15, 0.2) is 0 Å². The third-order valence-corrected chi connectivity index (χ3v) is 9.96. The van der Waals surface area contributed by atoms with Crippen LogP contribution < -0.4 is 0 Å². The highest BCUT2D eigenvalue weighted by Crippen LogP contribution is 2.59. The second-order valence-electron chi connectivity index (χ2n) is 12.2. The average molecular weight is 548 g/mol. The Morgan fingerprint density at radius 1 is 0.950 bits per heavy atom. The maximum absolute atomic E-state index is 14.5. The molecule has 3 amide bonds. The van der Waals surface area contributed by atoms with Gasteiger partial charge < -0.3 is 24.5 Å². The number of fused-ring (bicyclic) bond motifs is 2. The summed E-state index contributed by atoms with van der Waals surface area (Å²) >= 11 is 0. The Bertz CT molecular complexity index is 1210. The normalized spacial score (nSPS) is 34.9. The molecule has 40 heavy (non-hydrogen) atoms. The lowest BCUT2D eigenvalue weighted by Gasteiger charge is -2.42. The Labute approximate surface area is 236 Å². The highest BCUT2D eigenvalue weighted by Gasteiger charge is 2.75. The number of likely N-dealkylation sites (tertiary alicyclic amines) is 1. The van der Waals surface area contributed by atoms with Gasteiger partial charge in [-0.2, -0.15) is 0 Å². The molecule has 6 atom stereocenters. The van der Waals surface area contributed by atoms with Crippen LogP contribution in [0.25, 0.3) is 0 Å². The molecule has 1 aromatic carbocycles. The van der Waals surface area contributed by atoms with Crippen molar-refractivity contribution in [1.82, 2.24) is 14.7 Å². The SMILES string of the molecule is CC[C@@]12C=CCN(Cc3ccccc3)C(=O)[C@@H]1[C@H]1C(=O)N([C@H](C)CO)C3C(=O)N(C4CCCCC4)CC=C[C@@]31O2. The van der Waals surface area contributed by atoms with Gasteiger partial charge in [-0.05, 0) is 31.7 Å². The second kappa shape index (κ2) is 10.5. The minimum atomic E-state index is -1.28. The molecule has 1 aliphatic carbocycles. The van der Waals surface area contributed by atoms with E-state index in [1.54, 1.807) is 16.7 Å². The Morgan fingerprint density at radius 2 is 1.68 bits per heavy atom. The van der Waals surface area contributed by atoms with Crippen LogP contribution in [0.3, 0.4) is 0 Å². The third-order valence-electron chi connectivity index (χ3n) is 9.96. The summed E-state index contributed by atoms with van der Waals surface area (Å²) in [6.45, 7) is 4.79.